The van der Waals surface area contributed by atoms with E-state index in [0.717, 1.165) is 31.3 Å². The first-order valence-corrected chi connectivity index (χ1v) is 11.7. The molecule has 0 aromatic heterocycles. The van der Waals surface area contributed by atoms with Gasteiger partial charge in [-0.2, -0.15) is 0 Å². The quantitative estimate of drug-likeness (QED) is 0.275. The van der Waals surface area contributed by atoms with Crippen molar-refractivity contribution in [3.63, 3.8) is 0 Å². The molecule has 2 rings (SSSR count). The summed E-state index contributed by atoms with van der Waals surface area (Å²) < 4.78 is 15.7. The van der Waals surface area contributed by atoms with Crippen LogP contribution in [0.25, 0.3) is 0 Å². The summed E-state index contributed by atoms with van der Waals surface area (Å²) in [4.78, 5) is 34.0. The summed E-state index contributed by atoms with van der Waals surface area (Å²) in [6.07, 6.45) is 10.3. The van der Waals surface area contributed by atoms with Gasteiger partial charge >= 0.3 is 17.9 Å². The van der Waals surface area contributed by atoms with Gasteiger partial charge in [0.05, 0.1) is 0 Å². The molecular weight excluding hydrogens is 408 g/mol. The normalized spacial score (nSPS) is 27.1. The second-order valence-corrected chi connectivity index (χ2v) is 10.2. The highest BCUT2D eigenvalue weighted by molar-refractivity contribution is 5.66. The summed E-state index contributed by atoms with van der Waals surface area (Å²) in [6, 6.07) is 0. The molecule has 0 saturated heterocycles. The van der Waals surface area contributed by atoms with E-state index in [0.29, 0.717) is 12.5 Å². The average molecular weight is 449 g/mol. The predicted octanol–water partition coefficient (Wildman–Crippen LogP) is 5.16. The molecular formula is C26H40O6. The molecule has 1 fully saturated rings. The van der Waals surface area contributed by atoms with Gasteiger partial charge in [0.2, 0.25) is 0 Å². The van der Waals surface area contributed by atoms with Gasteiger partial charge in [-0.3, -0.25) is 14.4 Å². The Labute approximate surface area is 192 Å². The maximum absolute atomic E-state index is 11.5. The van der Waals surface area contributed by atoms with Crippen molar-refractivity contribution in [1.29, 1.82) is 0 Å². The number of hydrogen-bond donors (Lipinski definition) is 0. The van der Waals surface area contributed by atoms with E-state index in [1.54, 1.807) is 0 Å². The first-order chi connectivity index (χ1) is 15.0. The molecule has 0 aromatic rings. The van der Waals surface area contributed by atoms with Crippen LogP contribution in [0.1, 0.15) is 80.1 Å². The zero-order chi connectivity index (χ0) is 23.9. The second-order valence-electron chi connectivity index (χ2n) is 10.2. The monoisotopic (exact) mass is 448 g/mol. The summed E-state index contributed by atoms with van der Waals surface area (Å²) in [7, 11) is 0. The first-order valence-electron chi connectivity index (χ1n) is 11.7. The molecule has 0 heterocycles. The van der Waals surface area contributed by atoms with E-state index >= 15 is 0 Å². The third-order valence-corrected chi connectivity index (χ3v) is 7.45. The van der Waals surface area contributed by atoms with Crippen LogP contribution in [-0.4, -0.2) is 37.7 Å². The average Bonchev–Trinajstić information content (AvgIpc) is 2.67. The maximum atomic E-state index is 11.5. The molecule has 0 amide bonds. The topological polar surface area (TPSA) is 78.9 Å². The number of hydrogen-bond acceptors (Lipinski definition) is 6. The van der Waals surface area contributed by atoms with Crippen molar-refractivity contribution in [3.05, 3.63) is 23.3 Å². The molecule has 6 heteroatoms. The van der Waals surface area contributed by atoms with Crippen molar-refractivity contribution >= 4 is 17.9 Å². The van der Waals surface area contributed by atoms with Crippen LogP contribution in [0.5, 0.6) is 0 Å². The van der Waals surface area contributed by atoms with Gasteiger partial charge in [-0.15, -0.1) is 0 Å². The fourth-order valence-corrected chi connectivity index (χ4v) is 5.90. The lowest BCUT2D eigenvalue weighted by Crippen LogP contribution is -2.49. The van der Waals surface area contributed by atoms with Gasteiger partial charge in [0, 0.05) is 20.8 Å². The van der Waals surface area contributed by atoms with Gasteiger partial charge in [0.15, 0.2) is 0 Å². The molecule has 0 aliphatic heterocycles. The zero-order valence-electron chi connectivity index (χ0n) is 20.6. The van der Waals surface area contributed by atoms with Gasteiger partial charge < -0.3 is 14.2 Å². The van der Waals surface area contributed by atoms with E-state index in [9.17, 15) is 14.4 Å². The van der Waals surface area contributed by atoms with E-state index in [1.165, 1.54) is 39.2 Å². The number of carbonyl (C=O) groups excluding carboxylic acids is 3. The molecule has 0 N–H and O–H groups in total. The molecule has 180 valence electrons. The lowest BCUT2D eigenvalue weighted by molar-refractivity contribution is -0.141. The van der Waals surface area contributed by atoms with Crippen molar-refractivity contribution in [1.82, 2.24) is 0 Å². The molecule has 1 saturated carbocycles. The third kappa shape index (κ3) is 6.94. The van der Waals surface area contributed by atoms with E-state index < -0.39 is 0 Å². The van der Waals surface area contributed by atoms with Crippen LogP contribution < -0.4 is 0 Å². The largest absolute Gasteiger partial charge is 0.462 e. The number of esters is 3. The van der Waals surface area contributed by atoms with Crippen molar-refractivity contribution in [2.45, 2.75) is 80.1 Å². The number of fused-ring (bicyclic) bond motifs is 1. The van der Waals surface area contributed by atoms with Crippen LogP contribution in [0, 0.1) is 22.7 Å². The minimum Gasteiger partial charge on any atom is -0.462 e. The summed E-state index contributed by atoms with van der Waals surface area (Å²) in [5.41, 5.74) is 2.52. The van der Waals surface area contributed by atoms with Crippen LogP contribution in [0.15, 0.2) is 23.3 Å². The molecule has 6 nitrogen and oxygen atoms in total. The van der Waals surface area contributed by atoms with E-state index in [-0.39, 0.29) is 47.9 Å². The second kappa shape index (κ2) is 11.2. The van der Waals surface area contributed by atoms with E-state index in [2.05, 4.69) is 26.8 Å². The first kappa shape index (κ1) is 26.1. The molecule has 0 spiro atoms. The molecule has 3 atom stereocenters. The summed E-state index contributed by atoms with van der Waals surface area (Å²) in [5.74, 6) is -0.103. The maximum Gasteiger partial charge on any atom is 0.302 e. The summed E-state index contributed by atoms with van der Waals surface area (Å²) in [6.45, 7) is 12.1. The van der Waals surface area contributed by atoms with Crippen LogP contribution in [-0.2, 0) is 28.6 Å². The lowest BCUT2D eigenvalue weighted by atomic mass is 9.48. The predicted molar refractivity (Wildman–Crippen MR) is 123 cm³/mol. The van der Waals surface area contributed by atoms with Gasteiger partial charge in [-0.1, -0.05) is 33.3 Å². The van der Waals surface area contributed by atoms with Gasteiger partial charge in [0.25, 0.3) is 0 Å². The Kier molecular flexibility index (Phi) is 9.11. The molecule has 0 bridgehead atoms. The highest BCUT2D eigenvalue weighted by Gasteiger charge is 2.52. The van der Waals surface area contributed by atoms with Crippen molar-refractivity contribution in [2.75, 3.05) is 19.8 Å². The Bertz CT molecular complexity index is 762. The smallest absolute Gasteiger partial charge is 0.302 e. The Morgan fingerprint density at radius 2 is 1.66 bits per heavy atom. The Balaban J connectivity index is 2.25. The van der Waals surface area contributed by atoms with Crippen molar-refractivity contribution < 1.29 is 28.6 Å². The van der Waals surface area contributed by atoms with E-state index in [1.807, 2.05) is 6.08 Å². The molecule has 0 radical (unpaired) electrons. The van der Waals surface area contributed by atoms with Gasteiger partial charge in [-0.05, 0) is 72.0 Å². The van der Waals surface area contributed by atoms with E-state index in [4.69, 9.17) is 14.2 Å². The highest BCUT2D eigenvalue weighted by atomic mass is 16.5. The van der Waals surface area contributed by atoms with Crippen LogP contribution in [0.3, 0.4) is 0 Å². The Hall–Kier alpha value is -2.11. The fraction of sp³-hybridized carbons (Fsp3) is 0.731. The number of rotatable bonds is 9. The van der Waals surface area contributed by atoms with Crippen LogP contribution >= 0.6 is 0 Å². The fourth-order valence-electron chi connectivity index (χ4n) is 5.90. The molecule has 2 aliphatic carbocycles. The molecule has 2 aliphatic rings. The molecule has 3 unspecified atom stereocenters. The van der Waals surface area contributed by atoms with Crippen LogP contribution in [0.4, 0.5) is 0 Å². The standard InChI is InChI=1S/C26H40O6/c1-18(27)30-15-12-21(16-31-19(2)28)8-10-23-22(17-32-20(3)29)9-11-24-25(4,5)13-7-14-26(23,24)6/h9,12,23-24H,7-8,10-11,13-17H2,1-6H3. The number of carbonyl (C=O) groups is 3. The lowest BCUT2D eigenvalue weighted by Gasteiger charge is -2.57. The molecule has 0 aromatic carbocycles. The highest BCUT2D eigenvalue weighted by Crippen LogP contribution is 2.60. The van der Waals surface area contributed by atoms with Gasteiger partial charge in [-0.25, -0.2) is 0 Å². The van der Waals surface area contributed by atoms with Crippen LogP contribution in [0.2, 0.25) is 0 Å². The summed E-state index contributed by atoms with van der Waals surface area (Å²) >= 11 is 0. The zero-order valence-corrected chi connectivity index (χ0v) is 20.6. The number of ether oxygens (including phenoxy) is 3. The number of allylic oxidation sites excluding steroid dienone is 1. The third-order valence-electron chi connectivity index (χ3n) is 7.45. The van der Waals surface area contributed by atoms with Crippen molar-refractivity contribution in [3.8, 4) is 0 Å². The Morgan fingerprint density at radius 1 is 1.00 bits per heavy atom. The SMILES string of the molecule is CC(=O)OCC=C(CCC1C(COC(C)=O)=CCC2C(C)(C)CCCC12C)COC(C)=O. The van der Waals surface area contributed by atoms with Gasteiger partial charge in [0.1, 0.15) is 19.8 Å². The Morgan fingerprint density at radius 3 is 2.28 bits per heavy atom. The molecule has 32 heavy (non-hydrogen) atoms. The minimum atomic E-state index is -0.341. The summed E-state index contributed by atoms with van der Waals surface area (Å²) in [5, 5.41) is 0. The van der Waals surface area contributed by atoms with Crippen molar-refractivity contribution in [2.24, 2.45) is 22.7 Å². The minimum absolute atomic E-state index is 0.119.